The van der Waals surface area contributed by atoms with Crippen LogP contribution in [0.4, 0.5) is 0 Å². The second-order valence-electron chi connectivity index (χ2n) is 3.26. The van der Waals surface area contributed by atoms with Crippen molar-refractivity contribution in [1.29, 1.82) is 0 Å². The van der Waals surface area contributed by atoms with E-state index in [-0.39, 0.29) is 6.04 Å². The zero-order valence-corrected chi connectivity index (χ0v) is 8.25. The van der Waals surface area contributed by atoms with E-state index >= 15 is 0 Å². The standard InChI is InChI=1S/C9H9N3OS/c1-3-10-7(1)9-11-8(12-13-9)6-2-4-14-5-6/h2,4-5,7,10H,1,3H2. The van der Waals surface area contributed by atoms with Crippen LogP contribution >= 0.6 is 11.3 Å². The molecule has 3 heterocycles. The maximum Gasteiger partial charge on any atom is 0.244 e. The van der Waals surface area contributed by atoms with E-state index in [0.29, 0.717) is 11.7 Å². The molecule has 1 unspecified atom stereocenters. The molecule has 1 N–H and O–H groups in total. The zero-order chi connectivity index (χ0) is 9.38. The molecule has 0 aromatic carbocycles. The van der Waals surface area contributed by atoms with Crippen LogP contribution < -0.4 is 5.32 Å². The molecule has 0 aliphatic carbocycles. The van der Waals surface area contributed by atoms with Crippen molar-refractivity contribution in [1.82, 2.24) is 15.5 Å². The fourth-order valence-electron chi connectivity index (χ4n) is 1.39. The molecule has 0 spiro atoms. The molecular weight excluding hydrogens is 198 g/mol. The number of hydrogen-bond donors (Lipinski definition) is 1. The Kier molecular flexibility index (Phi) is 1.85. The Morgan fingerprint density at radius 1 is 1.57 bits per heavy atom. The van der Waals surface area contributed by atoms with E-state index in [4.69, 9.17) is 4.52 Å². The van der Waals surface area contributed by atoms with E-state index in [2.05, 4.69) is 15.5 Å². The predicted octanol–water partition coefficient (Wildman–Crippen LogP) is 1.83. The summed E-state index contributed by atoms with van der Waals surface area (Å²) in [6.07, 6.45) is 1.09. The van der Waals surface area contributed by atoms with Gasteiger partial charge in [-0.2, -0.15) is 16.3 Å². The Balaban J connectivity index is 1.90. The maximum absolute atomic E-state index is 5.17. The van der Waals surface area contributed by atoms with Gasteiger partial charge in [0, 0.05) is 10.9 Å². The van der Waals surface area contributed by atoms with Crippen molar-refractivity contribution in [3.8, 4) is 11.4 Å². The van der Waals surface area contributed by atoms with Crippen molar-refractivity contribution in [2.24, 2.45) is 0 Å². The predicted molar refractivity (Wildman–Crippen MR) is 53.0 cm³/mol. The first-order valence-electron chi connectivity index (χ1n) is 4.53. The number of nitrogens with zero attached hydrogens (tertiary/aromatic N) is 2. The highest BCUT2D eigenvalue weighted by molar-refractivity contribution is 7.08. The zero-order valence-electron chi connectivity index (χ0n) is 7.43. The van der Waals surface area contributed by atoms with Crippen LogP contribution in [0.25, 0.3) is 11.4 Å². The van der Waals surface area contributed by atoms with Crippen LogP contribution in [0.3, 0.4) is 0 Å². The third kappa shape index (κ3) is 1.25. The molecule has 5 heteroatoms. The molecule has 4 nitrogen and oxygen atoms in total. The van der Waals surface area contributed by atoms with Crippen LogP contribution in [0.2, 0.25) is 0 Å². The van der Waals surface area contributed by atoms with Gasteiger partial charge in [0.25, 0.3) is 0 Å². The normalized spacial score (nSPS) is 20.7. The van der Waals surface area contributed by atoms with E-state index in [0.717, 1.165) is 18.5 Å². The highest BCUT2D eigenvalue weighted by Gasteiger charge is 2.24. The molecular formula is C9H9N3OS. The minimum Gasteiger partial charge on any atom is -0.337 e. The fourth-order valence-corrected chi connectivity index (χ4v) is 2.02. The number of aromatic nitrogens is 2. The first kappa shape index (κ1) is 8.14. The highest BCUT2D eigenvalue weighted by Crippen LogP contribution is 2.24. The monoisotopic (exact) mass is 207 g/mol. The number of rotatable bonds is 2. The fraction of sp³-hybridized carbons (Fsp3) is 0.333. The van der Waals surface area contributed by atoms with Crippen LogP contribution in [0.5, 0.6) is 0 Å². The van der Waals surface area contributed by atoms with Crippen LogP contribution in [-0.4, -0.2) is 16.7 Å². The minimum atomic E-state index is 0.273. The number of hydrogen-bond acceptors (Lipinski definition) is 5. The molecule has 14 heavy (non-hydrogen) atoms. The average Bonchev–Trinajstić information content (AvgIpc) is 2.65. The van der Waals surface area contributed by atoms with Crippen molar-refractivity contribution >= 4 is 11.3 Å². The van der Waals surface area contributed by atoms with Crippen LogP contribution in [-0.2, 0) is 0 Å². The van der Waals surface area contributed by atoms with Gasteiger partial charge in [0.15, 0.2) is 0 Å². The Morgan fingerprint density at radius 3 is 3.14 bits per heavy atom. The minimum absolute atomic E-state index is 0.273. The SMILES string of the molecule is c1cc(-c2noc(C3CCN3)n2)cs1. The lowest BCUT2D eigenvalue weighted by atomic mass is 10.1. The van der Waals surface area contributed by atoms with Crippen LogP contribution in [0.15, 0.2) is 21.3 Å². The molecule has 0 amide bonds. The first-order chi connectivity index (χ1) is 6.93. The topological polar surface area (TPSA) is 51.0 Å². The molecule has 0 bridgehead atoms. The molecule has 1 fully saturated rings. The molecule has 0 radical (unpaired) electrons. The summed E-state index contributed by atoms with van der Waals surface area (Å²) >= 11 is 1.63. The van der Waals surface area contributed by atoms with E-state index in [1.54, 1.807) is 11.3 Å². The highest BCUT2D eigenvalue weighted by atomic mass is 32.1. The Hall–Kier alpha value is -1.20. The van der Waals surface area contributed by atoms with Gasteiger partial charge in [0.1, 0.15) is 0 Å². The van der Waals surface area contributed by atoms with E-state index in [9.17, 15) is 0 Å². The van der Waals surface area contributed by atoms with Crippen LogP contribution in [0.1, 0.15) is 18.4 Å². The lowest BCUT2D eigenvalue weighted by Crippen LogP contribution is -2.35. The second-order valence-corrected chi connectivity index (χ2v) is 4.04. The lowest BCUT2D eigenvalue weighted by molar-refractivity contribution is 0.273. The van der Waals surface area contributed by atoms with Crippen molar-refractivity contribution in [3.63, 3.8) is 0 Å². The van der Waals surface area contributed by atoms with Crippen LogP contribution in [0, 0.1) is 0 Å². The Bertz CT molecular complexity index is 419. The van der Waals surface area contributed by atoms with E-state index in [1.165, 1.54) is 0 Å². The van der Waals surface area contributed by atoms with Gasteiger partial charge in [-0.25, -0.2) is 0 Å². The number of nitrogens with one attached hydrogen (secondary N) is 1. The molecule has 1 saturated heterocycles. The summed E-state index contributed by atoms with van der Waals surface area (Å²) in [6, 6.07) is 2.27. The summed E-state index contributed by atoms with van der Waals surface area (Å²) in [5.74, 6) is 1.40. The molecule has 3 rings (SSSR count). The van der Waals surface area contributed by atoms with Gasteiger partial charge in [-0.05, 0) is 24.4 Å². The van der Waals surface area contributed by atoms with Gasteiger partial charge in [-0.3, -0.25) is 0 Å². The molecule has 2 aromatic heterocycles. The first-order valence-corrected chi connectivity index (χ1v) is 5.47. The summed E-state index contributed by atoms with van der Waals surface area (Å²) in [5, 5.41) is 11.2. The van der Waals surface area contributed by atoms with Gasteiger partial charge in [-0.15, -0.1) is 0 Å². The van der Waals surface area contributed by atoms with Gasteiger partial charge in [0.05, 0.1) is 6.04 Å². The molecule has 1 atom stereocenters. The summed E-state index contributed by atoms with van der Waals surface area (Å²) in [6.45, 7) is 1.04. The molecule has 2 aromatic rings. The van der Waals surface area contributed by atoms with Crippen molar-refractivity contribution in [3.05, 3.63) is 22.7 Å². The summed E-state index contributed by atoms with van der Waals surface area (Å²) < 4.78 is 5.17. The lowest BCUT2D eigenvalue weighted by Gasteiger charge is -2.23. The largest absolute Gasteiger partial charge is 0.337 e. The molecule has 0 saturated carbocycles. The third-order valence-corrected chi connectivity index (χ3v) is 3.03. The molecule has 1 aliphatic rings. The Labute approximate surface area is 85.0 Å². The average molecular weight is 207 g/mol. The third-order valence-electron chi connectivity index (χ3n) is 2.34. The molecule has 1 aliphatic heterocycles. The van der Waals surface area contributed by atoms with Gasteiger partial charge >= 0.3 is 0 Å². The number of thiophene rings is 1. The van der Waals surface area contributed by atoms with E-state index < -0.39 is 0 Å². The van der Waals surface area contributed by atoms with Gasteiger partial charge < -0.3 is 9.84 Å². The summed E-state index contributed by atoms with van der Waals surface area (Å²) in [7, 11) is 0. The Morgan fingerprint density at radius 2 is 2.50 bits per heavy atom. The maximum atomic E-state index is 5.17. The summed E-state index contributed by atoms with van der Waals surface area (Å²) in [5.41, 5.74) is 1.03. The second kappa shape index (κ2) is 3.18. The van der Waals surface area contributed by atoms with E-state index in [1.807, 2.05) is 16.8 Å². The summed E-state index contributed by atoms with van der Waals surface area (Å²) in [4.78, 5) is 4.34. The van der Waals surface area contributed by atoms with Gasteiger partial charge in [-0.1, -0.05) is 5.16 Å². The molecule has 72 valence electrons. The smallest absolute Gasteiger partial charge is 0.244 e. The quantitative estimate of drug-likeness (QED) is 0.816. The van der Waals surface area contributed by atoms with Crippen molar-refractivity contribution in [2.75, 3.05) is 6.54 Å². The van der Waals surface area contributed by atoms with Gasteiger partial charge in [0.2, 0.25) is 11.7 Å². The van der Waals surface area contributed by atoms with Crippen molar-refractivity contribution in [2.45, 2.75) is 12.5 Å². The van der Waals surface area contributed by atoms with Crippen molar-refractivity contribution < 1.29 is 4.52 Å².